The standard InChI is InChI=1S/C12H20N4O2/c1-10-11(2)16(9-14-10)4-3-13-12(17)15-5-7-18-8-6-15/h9H,3-8H2,1-2H3,(H,13,17). The summed E-state index contributed by atoms with van der Waals surface area (Å²) in [5, 5.41) is 2.92. The van der Waals surface area contributed by atoms with E-state index in [1.165, 1.54) is 0 Å². The Labute approximate surface area is 107 Å². The average Bonchev–Trinajstić information content (AvgIpc) is 2.71. The van der Waals surface area contributed by atoms with Gasteiger partial charge in [-0.3, -0.25) is 0 Å². The molecule has 1 fully saturated rings. The zero-order chi connectivity index (χ0) is 13.0. The minimum absolute atomic E-state index is 0.00668. The molecule has 0 radical (unpaired) electrons. The highest BCUT2D eigenvalue weighted by molar-refractivity contribution is 5.74. The number of carbonyl (C=O) groups excluding carboxylic acids is 1. The number of urea groups is 1. The molecule has 1 aromatic rings. The van der Waals surface area contributed by atoms with Crippen LogP contribution in [-0.4, -0.2) is 53.3 Å². The molecule has 2 amide bonds. The molecule has 0 saturated carbocycles. The summed E-state index contributed by atoms with van der Waals surface area (Å²) in [4.78, 5) is 17.8. The molecule has 0 aliphatic carbocycles. The third kappa shape index (κ3) is 3.01. The SMILES string of the molecule is Cc1ncn(CCNC(=O)N2CCOCC2)c1C. The summed E-state index contributed by atoms with van der Waals surface area (Å²) in [6.07, 6.45) is 1.81. The van der Waals surface area contributed by atoms with Crippen molar-refractivity contribution in [1.82, 2.24) is 19.8 Å². The molecule has 0 atom stereocenters. The zero-order valence-electron chi connectivity index (χ0n) is 11.0. The molecule has 6 heteroatoms. The molecule has 2 rings (SSSR count). The topological polar surface area (TPSA) is 59.4 Å². The fourth-order valence-corrected chi connectivity index (χ4v) is 1.93. The molecule has 1 aliphatic rings. The van der Waals surface area contributed by atoms with Crippen molar-refractivity contribution in [2.75, 3.05) is 32.8 Å². The summed E-state index contributed by atoms with van der Waals surface area (Å²) in [6.45, 7) is 8.00. The molecule has 1 N–H and O–H groups in total. The number of aromatic nitrogens is 2. The van der Waals surface area contributed by atoms with E-state index in [1.807, 2.05) is 20.2 Å². The van der Waals surface area contributed by atoms with Gasteiger partial charge in [0.2, 0.25) is 0 Å². The summed E-state index contributed by atoms with van der Waals surface area (Å²) in [5.74, 6) is 0. The number of ether oxygens (including phenoxy) is 1. The van der Waals surface area contributed by atoms with Gasteiger partial charge in [0.15, 0.2) is 0 Å². The summed E-state index contributed by atoms with van der Waals surface area (Å²) < 4.78 is 7.26. The van der Waals surface area contributed by atoms with Crippen LogP contribution >= 0.6 is 0 Å². The first-order valence-corrected chi connectivity index (χ1v) is 6.27. The van der Waals surface area contributed by atoms with Crippen LogP contribution in [0.25, 0.3) is 0 Å². The Balaban J connectivity index is 1.74. The molecule has 100 valence electrons. The van der Waals surface area contributed by atoms with E-state index in [1.54, 1.807) is 4.90 Å². The zero-order valence-corrected chi connectivity index (χ0v) is 11.0. The highest BCUT2D eigenvalue weighted by atomic mass is 16.5. The molecule has 0 spiro atoms. The molecule has 6 nitrogen and oxygen atoms in total. The molecule has 1 aliphatic heterocycles. The van der Waals surface area contributed by atoms with Crippen molar-refractivity contribution in [1.29, 1.82) is 0 Å². The van der Waals surface area contributed by atoms with Gasteiger partial charge in [-0.2, -0.15) is 0 Å². The number of imidazole rings is 1. The largest absolute Gasteiger partial charge is 0.378 e. The molecule has 0 bridgehead atoms. The predicted octanol–water partition coefficient (Wildman–Crippen LogP) is 0.542. The van der Waals surface area contributed by atoms with Crippen LogP contribution in [0, 0.1) is 13.8 Å². The van der Waals surface area contributed by atoms with Gasteiger partial charge >= 0.3 is 6.03 Å². The third-order valence-corrected chi connectivity index (χ3v) is 3.27. The Morgan fingerprint density at radius 2 is 2.17 bits per heavy atom. The Morgan fingerprint density at radius 1 is 1.44 bits per heavy atom. The molecule has 0 aromatic carbocycles. The first-order chi connectivity index (χ1) is 8.68. The summed E-state index contributed by atoms with van der Waals surface area (Å²) in [5.41, 5.74) is 2.19. The van der Waals surface area contributed by atoms with E-state index in [-0.39, 0.29) is 6.03 Å². The Morgan fingerprint density at radius 3 is 2.78 bits per heavy atom. The van der Waals surface area contributed by atoms with E-state index >= 15 is 0 Å². The molecule has 2 heterocycles. The highest BCUT2D eigenvalue weighted by Gasteiger charge is 2.15. The van der Waals surface area contributed by atoms with Crippen molar-refractivity contribution in [3.05, 3.63) is 17.7 Å². The lowest BCUT2D eigenvalue weighted by Gasteiger charge is -2.26. The maximum atomic E-state index is 11.8. The number of carbonyl (C=O) groups is 1. The second-order valence-electron chi connectivity index (χ2n) is 4.44. The van der Waals surface area contributed by atoms with E-state index < -0.39 is 0 Å². The van der Waals surface area contributed by atoms with Crippen LogP contribution < -0.4 is 5.32 Å². The van der Waals surface area contributed by atoms with Crippen LogP contribution in [0.3, 0.4) is 0 Å². The number of morpholine rings is 1. The summed E-state index contributed by atoms with van der Waals surface area (Å²) >= 11 is 0. The van der Waals surface area contributed by atoms with E-state index in [2.05, 4.69) is 14.9 Å². The minimum atomic E-state index is -0.00668. The van der Waals surface area contributed by atoms with Crippen LogP contribution in [0.2, 0.25) is 0 Å². The maximum absolute atomic E-state index is 11.8. The lowest BCUT2D eigenvalue weighted by Crippen LogP contribution is -2.46. The molecule has 1 saturated heterocycles. The van der Waals surface area contributed by atoms with Gasteiger partial charge in [0.05, 0.1) is 25.2 Å². The number of hydrogen-bond donors (Lipinski definition) is 1. The summed E-state index contributed by atoms with van der Waals surface area (Å²) in [7, 11) is 0. The van der Waals surface area contributed by atoms with Crippen LogP contribution in [-0.2, 0) is 11.3 Å². The number of hydrogen-bond acceptors (Lipinski definition) is 3. The molecule has 18 heavy (non-hydrogen) atoms. The number of amides is 2. The second-order valence-corrected chi connectivity index (χ2v) is 4.44. The Bertz CT molecular complexity index is 410. The third-order valence-electron chi connectivity index (χ3n) is 3.27. The van der Waals surface area contributed by atoms with Crippen molar-refractivity contribution < 1.29 is 9.53 Å². The minimum Gasteiger partial charge on any atom is -0.378 e. The summed E-state index contributed by atoms with van der Waals surface area (Å²) in [6, 6.07) is -0.00668. The van der Waals surface area contributed by atoms with Gasteiger partial charge in [0.1, 0.15) is 0 Å². The van der Waals surface area contributed by atoms with Crippen molar-refractivity contribution in [2.24, 2.45) is 0 Å². The quantitative estimate of drug-likeness (QED) is 0.854. The van der Waals surface area contributed by atoms with Gasteiger partial charge in [-0.05, 0) is 13.8 Å². The monoisotopic (exact) mass is 252 g/mol. The fourth-order valence-electron chi connectivity index (χ4n) is 1.93. The lowest BCUT2D eigenvalue weighted by molar-refractivity contribution is 0.0532. The van der Waals surface area contributed by atoms with E-state index in [4.69, 9.17) is 4.74 Å². The molecular weight excluding hydrogens is 232 g/mol. The Hall–Kier alpha value is -1.56. The van der Waals surface area contributed by atoms with Crippen molar-refractivity contribution in [2.45, 2.75) is 20.4 Å². The van der Waals surface area contributed by atoms with Gasteiger partial charge < -0.3 is 19.5 Å². The van der Waals surface area contributed by atoms with Crippen LogP contribution in [0.1, 0.15) is 11.4 Å². The van der Waals surface area contributed by atoms with Crippen LogP contribution in [0.15, 0.2) is 6.33 Å². The van der Waals surface area contributed by atoms with Gasteiger partial charge in [0, 0.05) is 31.9 Å². The van der Waals surface area contributed by atoms with Crippen LogP contribution in [0.5, 0.6) is 0 Å². The highest BCUT2D eigenvalue weighted by Crippen LogP contribution is 2.03. The van der Waals surface area contributed by atoms with E-state index in [9.17, 15) is 4.79 Å². The first kappa shape index (κ1) is 12.9. The smallest absolute Gasteiger partial charge is 0.317 e. The van der Waals surface area contributed by atoms with Gasteiger partial charge in [-0.1, -0.05) is 0 Å². The van der Waals surface area contributed by atoms with E-state index in [0.717, 1.165) is 17.9 Å². The average molecular weight is 252 g/mol. The van der Waals surface area contributed by atoms with Crippen molar-refractivity contribution >= 4 is 6.03 Å². The molecular formula is C12H20N4O2. The number of rotatable bonds is 3. The second kappa shape index (κ2) is 5.86. The van der Waals surface area contributed by atoms with Crippen molar-refractivity contribution in [3.63, 3.8) is 0 Å². The van der Waals surface area contributed by atoms with E-state index in [0.29, 0.717) is 32.8 Å². The van der Waals surface area contributed by atoms with Crippen LogP contribution in [0.4, 0.5) is 4.79 Å². The predicted molar refractivity (Wildman–Crippen MR) is 67.5 cm³/mol. The van der Waals surface area contributed by atoms with Crippen molar-refractivity contribution in [3.8, 4) is 0 Å². The van der Waals surface area contributed by atoms with Gasteiger partial charge in [-0.25, -0.2) is 9.78 Å². The lowest BCUT2D eigenvalue weighted by atomic mass is 10.4. The molecule has 1 aromatic heterocycles. The van der Waals surface area contributed by atoms with Gasteiger partial charge in [-0.15, -0.1) is 0 Å². The number of nitrogens with zero attached hydrogens (tertiary/aromatic N) is 3. The maximum Gasteiger partial charge on any atom is 0.317 e. The first-order valence-electron chi connectivity index (χ1n) is 6.27. The fraction of sp³-hybridized carbons (Fsp3) is 0.667. The Kier molecular flexibility index (Phi) is 4.19. The normalized spacial score (nSPS) is 15.8. The number of nitrogens with one attached hydrogen (secondary N) is 1. The van der Waals surface area contributed by atoms with Gasteiger partial charge in [0.25, 0.3) is 0 Å². The number of aryl methyl sites for hydroxylation is 1. The molecule has 0 unspecified atom stereocenters.